The summed E-state index contributed by atoms with van der Waals surface area (Å²) in [7, 11) is 0. The Morgan fingerprint density at radius 1 is 0.875 bits per heavy atom. The van der Waals surface area contributed by atoms with Gasteiger partial charge in [0.15, 0.2) is 0 Å². The zero-order valence-corrected chi connectivity index (χ0v) is 17.7. The number of carbonyl (C=O) groups excluding carboxylic acids is 3. The Labute approximate surface area is 192 Å². The molecule has 1 heterocycles. The third kappa shape index (κ3) is 4.08. The lowest BCUT2D eigenvalue weighted by Gasteiger charge is -2.16. The predicted octanol–water partition coefficient (Wildman–Crippen LogP) is 5.17. The van der Waals surface area contributed by atoms with Gasteiger partial charge in [0.05, 0.1) is 16.4 Å². The molecule has 32 heavy (non-hydrogen) atoms. The van der Waals surface area contributed by atoms with Crippen molar-refractivity contribution >= 4 is 58.0 Å². The Hall–Kier alpha value is -3.68. The highest BCUT2D eigenvalue weighted by molar-refractivity contribution is 6.53. The molecule has 0 fully saturated rings. The fourth-order valence-corrected chi connectivity index (χ4v) is 3.54. The molecule has 3 amide bonds. The zero-order valence-electron chi connectivity index (χ0n) is 16.2. The first-order chi connectivity index (χ1) is 15.4. The third-order valence-corrected chi connectivity index (χ3v) is 5.31. The Morgan fingerprint density at radius 3 is 2.34 bits per heavy atom. The van der Waals surface area contributed by atoms with Crippen molar-refractivity contribution in [1.29, 1.82) is 0 Å². The lowest BCUT2D eigenvalue weighted by molar-refractivity contribution is -0.120. The molecule has 3 aromatic rings. The van der Waals surface area contributed by atoms with Gasteiger partial charge in [0.25, 0.3) is 17.7 Å². The minimum absolute atomic E-state index is 0.0357. The Morgan fingerprint density at radius 2 is 1.59 bits per heavy atom. The number of halogens is 3. The quantitative estimate of drug-likeness (QED) is 0.505. The molecule has 0 spiro atoms. The maximum atomic E-state index is 13.8. The van der Waals surface area contributed by atoms with Gasteiger partial charge in [-0.05, 0) is 42.5 Å². The van der Waals surface area contributed by atoms with Gasteiger partial charge in [0.1, 0.15) is 16.5 Å². The van der Waals surface area contributed by atoms with Gasteiger partial charge in [-0.1, -0.05) is 53.5 Å². The molecular weight excluding hydrogens is 456 g/mol. The van der Waals surface area contributed by atoms with E-state index in [4.69, 9.17) is 23.2 Å². The summed E-state index contributed by atoms with van der Waals surface area (Å²) >= 11 is 12.3. The summed E-state index contributed by atoms with van der Waals surface area (Å²) in [6.45, 7) is 0. The van der Waals surface area contributed by atoms with Crippen LogP contribution >= 0.6 is 23.2 Å². The number of amides is 3. The van der Waals surface area contributed by atoms with E-state index in [2.05, 4.69) is 10.6 Å². The first kappa shape index (κ1) is 21.5. The number of hydrogen-bond donors (Lipinski definition) is 2. The van der Waals surface area contributed by atoms with Gasteiger partial charge in [-0.25, -0.2) is 9.29 Å². The van der Waals surface area contributed by atoms with E-state index in [0.29, 0.717) is 5.69 Å². The zero-order chi connectivity index (χ0) is 22.8. The molecule has 0 aromatic heterocycles. The van der Waals surface area contributed by atoms with E-state index >= 15 is 0 Å². The van der Waals surface area contributed by atoms with Crippen molar-refractivity contribution in [2.45, 2.75) is 0 Å². The summed E-state index contributed by atoms with van der Waals surface area (Å²) in [5.74, 6) is -2.53. The van der Waals surface area contributed by atoms with Crippen LogP contribution in [0.5, 0.6) is 0 Å². The van der Waals surface area contributed by atoms with Crippen molar-refractivity contribution in [3.63, 3.8) is 0 Å². The van der Waals surface area contributed by atoms with Gasteiger partial charge in [0, 0.05) is 11.3 Å². The molecule has 0 saturated carbocycles. The summed E-state index contributed by atoms with van der Waals surface area (Å²) in [5, 5.41) is 5.19. The van der Waals surface area contributed by atoms with Gasteiger partial charge in [-0.15, -0.1) is 0 Å². The van der Waals surface area contributed by atoms with E-state index in [0.717, 1.165) is 4.90 Å². The monoisotopic (exact) mass is 469 g/mol. The van der Waals surface area contributed by atoms with Crippen LogP contribution in [-0.4, -0.2) is 17.7 Å². The van der Waals surface area contributed by atoms with Crippen LogP contribution in [0.4, 0.5) is 21.5 Å². The number of nitrogens with one attached hydrogen (secondary N) is 2. The number of para-hydroxylation sites is 2. The second-order valence-corrected chi connectivity index (χ2v) is 7.51. The lowest BCUT2D eigenvalue weighted by atomic mass is 10.1. The SMILES string of the molecule is O=C(Nc1ccccc1F)c1cccc(NC2=C(Cl)C(=O)N(c3ccccc3Cl)C2=O)c1. The molecule has 0 radical (unpaired) electrons. The highest BCUT2D eigenvalue weighted by Crippen LogP contribution is 2.34. The maximum Gasteiger partial charge on any atom is 0.283 e. The standard InChI is InChI=1S/C23H14Cl2FN3O3/c24-15-8-1-4-11-18(15)29-22(31)19(25)20(23(29)32)27-14-7-5-6-13(12-14)21(30)28-17-10-3-2-9-16(17)26/h1-12,27H,(H,28,30). The van der Waals surface area contributed by atoms with Crippen LogP contribution in [0.1, 0.15) is 10.4 Å². The normalized spacial score (nSPS) is 13.5. The van der Waals surface area contributed by atoms with Gasteiger partial charge >= 0.3 is 0 Å². The van der Waals surface area contributed by atoms with Gasteiger partial charge in [0.2, 0.25) is 0 Å². The summed E-state index contributed by atoms with van der Waals surface area (Å²) < 4.78 is 13.8. The Kier molecular flexibility index (Phi) is 5.94. The van der Waals surface area contributed by atoms with Gasteiger partial charge < -0.3 is 10.6 Å². The van der Waals surface area contributed by atoms with Crippen molar-refractivity contribution < 1.29 is 18.8 Å². The molecule has 1 aliphatic rings. The number of nitrogens with zero attached hydrogens (tertiary/aromatic N) is 1. The molecule has 1 aliphatic heterocycles. The molecular formula is C23H14Cl2FN3O3. The van der Waals surface area contributed by atoms with Crippen molar-refractivity contribution in [2.75, 3.05) is 15.5 Å². The topological polar surface area (TPSA) is 78.5 Å². The molecule has 3 aromatic carbocycles. The molecule has 0 atom stereocenters. The van der Waals surface area contributed by atoms with E-state index in [1.54, 1.807) is 36.4 Å². The third-order valence-electron chi connectivity index (χ3n) is 4.64. The van der Waals surface area contributed by atoms with Gasteiger partial charge in [-0.2, -0.15) is 0 Å². The van der Waals surface area contributed by atoms with Crippen LogP contribution < -0.4 is 15.5 Å². The Balaban J connectivity index is 1.56. The van der Waals surface area contributed by atoms with Crippen LogP contribution in [0, 0.1) is 5.82 Å². The highest BCUT2D eigenvalue weighted by atomic mass is 35.5. The van der Waals surface area contributed by atoms with Crippen molar-refractivity contribution in [3.8, 4) is 0 Å². The Bertz CT molecular complexity index is 1290. The number of benzene rings is 3. The number of anilines is 3. The number of carbonyl (C=O) groups is 3. The molecule has 0 aliphatic carbocycles. The van der Waals surface area contributed by atoms with Crippen LogP contribution in [0.25, 0.3) is 0 Å². The summed E-state index contributed by atoms with van der Waals surface area (Å²) in [6.07, 6.45) is 0. The molecule has 4 rings (SSSR count). The highest BCUT2D eigenvalue weighted by Gasteiger charge is 2.39. The van der Waals surface area contributed by atoms with Crippen LogP contribution in [0.3, 0.4) is 0 Å². The smallest absolute Gasteiger partial charge is 0.283 e. The second-order valence-electron chi connectivity index (χ2n) is 6.73. The van der Waals surface area contributed by atoms with E-state index in [-0.39, 0.29) is 32.7 Å². The molecule has 160 valence electrons. The van der Waals surface area contributed by atoms with Gasteiger partial charge in [-0.3, -0.25) is 14.4 Å². The average molecular weight is 470 g/mol. The van der Waals surface area contributed by atoms with Crippen LogP contribution in [-0.2, 0) is 9.59 Å². The second kappa shape index (κ2) is 8.82. The fraction of sp³-hybridized carbons (Fsp3) is 0. The van der Waals surface area contributed by atoms with Crippen molar-refractivity contribution in [1.82, 2.24) is 0 Å². The predicted molar refractivity (Wildman–Crippen MR) is 121 cm³/mol. The molecule has 0 saturated heterocycles. The largest absolute Gasteiger partial charge is 0.350 e. The summed E-state index contributed by atoms with van der Waals surface area (Å²) in [4.78, 5) is 38.9. The first-order valence-electron chi connectivity index (χ1n) is 9.33. The first-order valence-corrected chi connectivity index (χ1v) is 10.1. The van der Waals surface area contributed by atoms with Crippen molar-refractivity contribution in [2.24, 2.45) is 0 Å². The maximum absolute atomic E-state index is 13.8. The van der Waals surface area contributed by atoms with E-state index < -0.39 is 23.5 Å². The lowest BCUT2D eigenvalue weighted by Crippen LogP contribution is -2.32. The molecule has 0 unspecified atom stereocenters. The minimum Gasteiger partial charge on any atom is -0.350 e. The number of imide groups is 1. The van der Waals surface area contributed by atoms with E-state index in [1.807, 2.05) is 0 Å². The summed E-state index contributed by atoms with van der Waals surface area (Å²) in [6, 6.07) is 18.3. The number of hydrogen-bond acceptors (Lipinski definition) is 4. The van der Waals surface area contributed by atoms with Crippen LogP contribution in [0.15, 0.2) is 83.5 Å². The molecule has 6 nitrogen and oxygen atoms in total. The molecule has 0 bridgehead atoms. The van der Waals surface area contributed by atoms with Crippen LogP contribution in [0.2, 0.25) is 5.02 Å². The van der Waals surface area contributed by atoms with E-state index in [1.165, 1.54) is 36.4 Å². The van der Waals surface area contributed by atoms with Crippen molar-refractivity contribution in [3.05, 3.63) is 99.9 Å². The van der Waals surface area contributed by atoms with E-state index in [9.17, 15) is 18.8 Å². The summed E-state index contributed by atoms with van der Waals surface area (Å²) in [5.41, 5.74) is 0.630. The average Bonchev–Trinajstić information content (AvgIpc) is 2.99. The number of rotatable bonds is 5. The minimum atomic E-state index is -0.722. The molecule has 2 N–H and O–H groups in total. The fourth-order valence-electron chi connectivity index (χ4n) is 3.10. The molecule has 9 heteroatoms.